The Kier molecular flexibility index (Phi) is 4.01. The van der Waals surface area contributed by atoms with Crippen molar-refractivity contribution in [1.29, 1.82) is 0 Å². The van der Waals surface area contributed by atoms with Gasteiger partial charge < -0.3 is 21.1 Å². The normalized spacial score (nSPS) is 19.6. The molecule has 1 aromatic rings. The van der Waals surface area contributed by atoms with Crippen LogP contribution in [0.1, 0.15) is 24.8 Å². The largest absolute Gasteiger partial charge is 0.393 e. The van der Waals surface area contributed by atoms with Crippen molar-refractivity contribution in [2.24, 2.45) is 0 Å². The van der Waals surface area contributed by atoms with Crippen molar-refractivity contribution in [1.82, 2.24) is 5.43 Å². The second kappa shape index (κ2) is 5.70. The molecule has 1 aromatic carbocycles. The quantitative estimate of drug-likeness (QED) is 0.596. The number of aliphatic hydroxyl groups is 2. The van der Waals surface area contributed by atoms with Crippen molar-refractivity contribution in [2.75, 3.05) is 5.43 Å². The van der Waals surface area contributed by atoms with E-state index in [1.165, 1.54) is 0 Å². The molecule has 0 aromatic heterocycles. The summed E-state index contributed by atoms with van der Waals surface area (Å²) >= 11 is 0. The summed E-state index contributed by atoms with van der Waals surface area (Å²) in [5.41, 5.74) is 9.20. The van der Waals surface area contributed by atoms with Gasteiger partial charge in [-0.15, -0.1) is 0 Å². The van der Waals surface area contributed by atoms with Crippen molar-refractivity contribution < 1.29 is 10.2 Å². The smallest absolute Gasteiger partial charge is 0.0681 e. The number of aliphatic hydroxyl groups excluding tert-OH is 2. The molecule has 0 saturated heterocycles. The number of benzene rings is 1. The summed E-state index contributed by atoms with van der Waals surface area (Å²) in [6, 6.07) is 7.58. The van der Waals surface area contributed by atoms with E-state index in [0.717, 1.165) is 29.8 Å². The standard InChI is InChI=1S/C13H18N2O2/c16-9-10-1-3-11(4-2-10)14-15-12-5-7-13(17)8-6-12/h1-5,13-17H,6-9H2. The maximum Gasteiger partial charge on any atom is 0.0681 e. The van der Waals surface area contributed by atoms with Crippen LogP contribution < -0.4 is 10.9 Å². The second-order valence-corrected chi connectivity index (χ2v) is 4.26. The summed E-state index contributed by atoms with van der Waals surface area (Å²) in [5.74, 6) is 0. The zero-order valence-electron chi connectivity index (χ0n) is 9.69. The highest BCUT2D eigenvalue weighted by Gasteiger charge is 2.10. The van der Waals surface area contributed by atoms with Gasteiger partial charge in [-0.1, -0.05) is 18.2 Å². The minimum atomic E-state index is -0.190. The first-order chi connectivity index (χ1) is 8.28. The molecule has 0 heterocycles. The molecule has 1 unspecified atom stereocenters. The zero-order valence-corrected chi connectivity index (χ0v) is 9.69. The van der Waals surface area contributed by atoms with Gasteiger partial charge in [0.05, 0.1) is 18.4 Å². The van der Waals surface area contributed by atoms with Gasteiger partial charge in [-0.25, -0.2) is 0 Å². The molecule has 1 atom stereocenters. The monoisotopic (exact) mass is 234 g/mol. The number of anilines is 1. The topological polar surface area (TPSA) is 64.5 Å². The van der Waals surface area contributed by atoms with Gasteiger partial charge in [-0.2, -0.15) is 0 Å². The van der Waals surface area contributed by atoms with Gasteiger partial charge in [0, 0.05) is 5.70 Å². The molecular formula is C13H18N2O2. The van der Waals surface area contributed by atoms with Crippen molar-refractivity contribution in [3.8, 4) is 0 Å². The fourth-order valence-electron chi connectivity index (χ4n) is 1.78. The molecule has 0 radical (unpaired) electrons. The Bertz CT molecular complexity index is 387. The number of allylic oxidation sites excluding steroid dienone is 1. The lowest BCUT2D eigenvalue weighted by Gasteiger charge is -2.19. The molecule has 0 amide bonds. The van der Waals surface area contributed by atoms with Crippen LogP contribution in [-0.2, 0) is 6.61 Å². The van der Waals surface area contributed by atoms with Gasteiger partial charge in [-0.3, -0.25) is 0 Å². The van der Waals surface area contributed by atoms with E-state index in [0.29, 0.717) is 6.42 Å². The lowest BCUT2D eigenvalue weighted by atomic mass is 10.0. The SMILES string of the molecule is OCc1ccc(NNC2=CCC(O)CC2)cc1. The minimum Gasteiger partial charge on any atom is -0.393 e. The van der Waals surface area contributed by atoms with Crippen LogP contribution in [0.5, 0.6) is 0 Å². The van der Waals surface area contributed by atoms with Gasteiger partial charge >= 0.3 is 0 Å². The molecule has 1 aliphatic carbocycles. The first-order valence-corrected chi connectivity index (χ1v) is 5.87. The van der Waals surface area contributed by atoms with Crippen LogP contribution >= 0.6 is 0 Å². The number of nitrogens with one attached hydrogen (secondary N) is 2. The average Bonchev–Trinajstić information content (AvgIpc) is 2.39. The maximum atomic E-state index is 9.35. The van der Waals surface area contributed by atoms with Gasteiger partial charge in [-0.05, 0) is 37.0 Å². The van der Waals surface area contributed by atoms with Crippen molar-refractivity contribution in [2.45, 2.75) is 32.0 Å². The van der Waals surface area contributed by atoms with Crippen LogP contribution in [0.2, 0.25) is 0 Å². The predicted molar refractivity (Wildman–Crippen MR) is 67.1 cm³/mol. The van der Waals surface area contributed by atoms with Crippen LogP contribution in [-0.4, -0.2) is 16.3 Å². The Balaban J connectivity index is 1.85. The molecule has 17 heavy (non-hydrogen) atoms. The molecule has 92 valence electrons. The molecule has 0 spiro atoms. The van der Waals surface area contributed by atoms with E-state index in [4.69, 9.17) is 5.11 Å². The van der Waals surface area contributed by atoms with E-state index in [2.05, 4.69) is 10.9 Å². The maximum absolute atomic E-state index is 9.35. The first kappa shape index (κ1) is 12.0. The molecule has 1 aliphatic rings. The summed E-state index contributed by atoms with van der Waals surface area (Å²) in [6.45, 7) is 0.0662. The van der Waals surface area contributed by atoms with E-state index in [-0.39, 0.29) is 12.7 Å². The van der Waals surface area contributed by atoms with Crippen molar-refractivity contribution in [3.05, 3.63) is 41.6 Å². The molecule has 0 fully saturated rings. The fraction of sp³-hybridized carbons (Fsp3) is 0.385. The summed E-state index contributed by atoms with van der Waals surface area (Å²) in [5, 5.41) is 18.3. The van der Waals surface area contributed by atoms with Crippen LogP contribution in [0.3, 0.4) is 0 Å². The van der Waals surface area contributed by atoms with Crippen LogP contribution in [0.25, 0.3) is 0 Å². The molecule has 2 rings (SSSR count). The number of rotatable bonds is 4. The Hall–Kier alpha value is -1.52. The summed E-state index contributed by atoms with van der Waals surface area (Å²) in [7, 11) is 0. The summed E-state index contributed by atoms with van der Waals surface area (Å²) in [6.07, 6.45) is 4.22. The Morgan fingerprint density at radius 1 is 1.18 bits per heavy atom. The molecule has 0 bridgehead atoms. The third kappa shape index (κ3) is 3.47. The second-order valence-electron chi connectivity index (χ2n) is 4.26. The summed E-state index contributed by atoms with van der Waals surface area (Å²) in [4.78, 5) is 0. The van der Waals surface area contributed by atoms with Gasteiger partial charge in [0.25, 0.3) is 0 Å². The molecular weight excluding hydrogens is 216 g/mol. The molecule has 4 heteroatoms. The van der Waals surface area contributed by atoms with Gasteiger partial charge in [0.2, 0.25) is 0 Å². The highest BCUT2D eigenvalue weighted by atomic mass is 16.3. The van der Waals surface area contributed by atoms with E-state index in [1.807, 2.05) is 30.3 Å². The van der Waals surface area contributed by atoms with Crippen LogP contribution in [0.15, 0.2) is 36.0 Å². The molecule has 4 N–H and O–H groups in total. The van der Waals surface area contributed by atoms with E-state index >= 15 is 0 Å². The predicted octanol–water partition coefficient (Wildman–Crippen LogP) is 1.52. The third-order valence-electron chi connectivity index (χ3n) is 2.89. The zero-order chi connectivity index (χ0) is 12.1. The third-order valence-corrected chi connectivity index (χ3v) is 2.89. The van der Waals surface area contributed by atoms with Crippen LogP contribution in [0, 0.1) is 0 Å². The van der Waals surface area contributed by atoms with Gasteiger partial charge in [0.15, 0.2) is 0 Å². The van der Waals surface area contributed by atoms with Crippen molar-refractivity contribution in [3.63, 3.8) is 0 Å². The van der Waals surface area contributed by atoms with E-state index in [9.17, 15) is 5.11 Å². The number of hydrazine groups is 1. The number of hydrogen-bond acceptors (Lipinski definition) is 4. The first-order valence-electron chi connectivity index (χ1n) is 5.87. The average molecular weight is 234 g/mol. The van der Waals surface area contributed by atoms with Crippen LogP contribution in [0.4, 0.5) is 5.69 Å². The highest BCUT2D eigenvalue weighted by Crippen LogP contribution is 2.16. The van der Waals surface area contributed by atoms with E-state index in [1.54, 1.807) is 0 Å². The molecule has 0 aliphatic heterocycles. The lowest BCUT2D eigenvalue weighted by molar-refractivity contribution is 0.161. The van der Waals surface area contributed by atoms with Crippen molar-refractivity contribution >= 4 is 5.69 Å². The Labute approximate surface area is 101 Å². The van der Waals surface area contributed by atoms with Gasteiger partial charge in [0.1, 0.15) is 0 Å². The Morgan fingerprint density at radius 3 is 2.53 bits per heavy atom. The van der Waals surface area contributed by atoms with E-state index < -0.39 is 0 Å². The Morgan fingerprint density at radius 2 is 1.94 bits per heavy atom. The minimum absolute atomic E-state index is 0.0662. The summed E-state index contributed by atoms with van der Waals surface area (Å²) < 4.78 is 0. The number of hydrogen-bond donors (Lipinski definition) is 4. The highest BCUT2D eigenvalue weighted by molar-refractivity contribution is 5.44. The fourth-order valence-corrected chi connectivity index (χ4v) is 1.78. The lowest BCUT2D eigenvalue weighted by Crippen LogP contribution is -2.24. The molecule has 0 saturated carbocycles. The molecule has 4 nitrogen and oxygen atoms in total.